The predicted molar refractivity (Wildman–Crippen MR) is 148 cm³/mol. The number of carbonyl (C=O) groups excluding carboxylic acids is 3. The normalized spacial score (nSPS) is 20.4. The molecule has 3 rings (SSSR count). The van der Waals surface area contributed by atoms with Gasteiger partial charge in [0.05, 0.1) is 11.5 Å². The maximum atomic E-state index is 13.8. The molecule has 0 saturated heterocycles. The number of hydrogen-bond acceptors (Lipinski definition) is 6. The van der Waals surface area contributed by atoms with Crippen molar-refractivity contribution in [2.24, 2.45) is 5.41 Å². The van der Waals surface area contributed by atoms with Gasteiger partial charge in [-0.1, -0.05) is 42.1 Å². The van der Waals surface area contributed by atoms with Crippen molar-refractivity contribution in [1.29, 1.82) is 0 Å². The topological polar surface area (TPSA) is 84.5 Å². The van der Waals surface area contributed by atoms with Crippen LogP contribution in [0.25, 0.3) is 0 Å². The maximum absolute atomic E-state index is 13.8. The van der Waals surface area contributed by atoms with E-state index in [2.05, 4.69) is 10.6 Å². The number of nitrogens with one attached hydrogen (secondary N) is 2. The van der Waals surface area contributed by atoms with Gasteiger partial charge in [0.1, 0.15) is 6.04 Å². The molecule has 0 spiro atoms. The minimum absolute atomic E-state index is 0.0126. The van der Waals surface area contributed by atoms with Crippen LogP contribution in [-0.2, 0) is 25.5 Å². The Kier molecular flexibility index (Phi) is 10.9. The summed E-state index contributed by atoms with van der Waals surface area (Å²) in [4.78, 5) is 40.1. The quantitative estimate of drug-likeness (QED) is 0.384. The highest BCUT2D eigenvalue weighted by molar-refractivity contribution is 8.13. The van der Waals surface area contributed by atoms with Crippen molar-refractivity contribution in [2.75, 3.05) is 23.9 Å². The molecule has 0 radical (unpaired) electrons. The molecule has 0 aromatic heterocycles. The summed E-state index contributed by atoms with van der Waals surface area (Å²) in [5, 5.41) is 6.02. The van der Waals surface area contributed by atoms with Crippen molar-refractivity contribution < 1.29 is 19.1 Å². The van der Waals surface area contributed by atoms with E-state index < -0.39 is 11.5 Å². The van der Waals surface area contributed by atoms with Crippen LogP contribution in [0.4, 0.5) is 5.69 Å². The van der Waals surface area contributed by atoms with E-state index in [-0.39, 0.29) is 23.0 Å². The zero-order chi connectivity index (χ0) is 26.0. The monoisotopic (exact) mass is 528 g/mol. The Bertz CT molecular complexity index is 1010. The van der Waals surface area contributed by atoms with E-state index in [1.165, 1.54) is 18.7 Å². The Hall–Kier alpha value is -2.29. The molecule has 194 valence electrons. The van der Waals surface area contributed by atoms with Crippen LogP contribution in [0.1, 0.15) is 45.1 Å². The van der Waals surface area contributed by atoms with Gasteiger partial charge >= 0.3 is 0 Å². The summed E-state index contributed by atoms with van der Waals surface area (Å²) >= 11 is 2.82. The summed E-state index contributed by atoms with van der Waals surface area (Å²) in [6, 6.07) is 16.6. The molecule has 6 nitrogen and oxygen atoms in total. The van der Waals surface area contributed by atoms with Crippen LogP contribution in [0.5, 0.6) is 0 Å². The number of amides is 2. The first-order valence-corrected chi connectivity index (χ1v) is 14.6. The highest BCUT2D eigenvalue weighted by Crippen LogP contribution is 2.40. The zero-order valence-corrected chi connectivity index (χ0v) is 22.9. The number of benzene rings is 2. The third kappa shape index (κ3) is 8.11. The zero-order valence-electron chi connectivity index (χ0n) is 21.3. The summed E-state index contributed by atoms with van der Waals surface area (Å²) in [5.74, 6) is -0.0236. The van der Waals surface area contributed by atoms with Gasteiger partial charge in [-0.05, 0) is 68.7 Å². The molecular weight excluding hydrogens is 492 g/mol. The second-order valence-corrected chi connectivity index (χ2v) is 11.2. The van der Waals surface area contributed by atoms with E-state index in [0.29, 0.717) is 37.3 Å². The van der Waals surface area contributed by atoms with Crippen LogP contribution in [0.3, 0.4) is 0 Å². The van der Waals surface area contributed by atoms with Gasteiger partial charge in [0.15, 0.2) is 5.12 Å². The number of thioether (sulfide) groups is 2. The van der Waals surface area contributed by atoms with E-state index in [0.717, 1.165) is 23.3 Å². The minimum Gasteiger partial charge on any atom is -0.379 e. The SMILES string of the molecule is CCOC1CCC(CSC(C)=O)(C(=O)N[C@@H](Cc2ccccc2)C(=O)Nc2ccc(SC)cc2)CC1. The van der Waals surface area contributed by atoms with E-state index in [1.807, 2.05) is 67.8 Å². The van der Waals surface area contributed by atoms with Gasteiger partial charge in [0, 0.05) is 36.3 Å². The van der Waals surface area contributed by atoms with Gasteiger partial charge < -0.3 is 15.4 Å². The summed E-state index contributed by atoms with van der Waals surface area (Å²) < 4.78 is 5.79. The van der Waals surface area contributed by atoms with Crippen molar-refractivity contribution in [3.63, 3.8) is 0 Å². The Morgan fingerprint density at radius 2 is 1.72 bits per heavy atom. The molecule has 2 amide bonds. The van der Waals surface area contributed by atoms with Gasteiger partial charge in [-0.3, -0.25) is 14.4 Å². The van der Waals surface area contributed by atoms with Crippen LogP contribution in [-0.4, -0.2) is 47.7 Å². The molecule has 1 saturated carbocycles. The fourth-order valence-electron chi connectivity index (χ4n) is 4.50. The highest BCUT2D eigenvalue weighted by Gasteiger charge is 2.43. The molecule has 36 heavy (non-hydrogen) atoms. The summed E-state index contributed by atoms with van der Waals surface area (Å²) in [5.41, 5.74) is 0.936. The van der Waals surface area contributed by atoms with Crippen LogP contribution in [0.2, 0.25) is 0 Å². The second-order valence-electron chi connectivity index (χ2n) is 9.15. The Morgan fingerprint density at radius 1 is 1.06 bits per heavy atom. The minimum atomic E-state index is -0.746. The van der Waals surface area contributed by atoms with Crippen molar-refractivity contribution in [3.05, 3.63) is 60.2 Å². The fourth-order valence-corrected chi connectivity index (χ4v) is 5.80. The molecule has 8 heteroatoms. The lowest BCUT2D eigenvalue weighted by Gasteiger charge is -2.39. The molecule has 0 aliphatic heterocycles. The Labute approximate surface area is 222 Å². The van der Waals surface area contributed by atoms with Gasteiger partial charge in [-0.25, -0.2) is 0 Å². The second kappa shape index (κ2) is 13.9. The van der Waals surface area contributed by atoms with Crippen molar-refractivity contribution in [1.82, 2.24) is 5.32 Å². The molecule has 2 N–H and O–H groups in total. The Morgan fingerprint density at radius 3 is 2.31 bits per heavy atom. The number of hydrogen-bond donors (Lipinski definition) is 2. The standard InChI is InChI=1S/C28H36N2O4S2/c1-4-34-23-14-16-28(17-15-23,19-36-20(2)31)27(33)30-25(18-21-8-6-5-7-9-21)26(32)29-22-10-12-24(35-3)13-11-22/h5-13,23,25H,4,14-19H2,1-3H3,(H,29,32)(H,30,33)/t23?,25-,28?/m0/s1. The van der Waals surface area contributed by atoms with Gasteiger partial charge in [-0.15, -0.1) is 11.8 Å². The third-order valence-electron chi connectivity index (χ3n) is 6.59. The molecule has 0 unspecified atom stereocenters. The molecule has 0 bridgehead atoms. The summed E-state index contributed by atoms with van der Waals surface area (Å²) in [7, 11) is 0. The maximum Gasteiger partial charge on any atom is 0.247 e. The van der Waals surface area contributed by atoms with E-state index >= 15 is 0 Å². The number of rotatable bonds is 11. The van der Waals surface area contributed by atoms with Crippen molar-refractivity contribution >= 4 is 46.1 Å². The molecule has 0 heterocycles. The third-order valence-corrected chi connectivity index (χ3v) is 8.43. The smallest absolute Gasteiger partial charge is 0.247 e. The number of ether oxygens (including phenoxy) is 1. The molecule has 2 aromatic rings. The first kappa shape index (κ1) is 28.3. The Balaban J connectivity index is 1.79. The molecule has 1 atom stereocenters. The average molecular weight is 529 g/mol. The van der Waals surface area contributed by atoms with Crippen molar-refractivity contribution in [3.8, 4) is 0 Å². The first-order chi connectivity index (χ1) is 17.3. The molecule has 1 aliphatic rings. The van der Waals surface area contributed by atoms with Crippen LogP contribution < -0.4 is 10.6 Å². The lowest BCUT2D eigenvalue weighted by molar-refractivity contribution is -0.136. The van der Waals surface area contributed by atoms with E-state index in [9.17, 15) is 14.4 Å². The molecular formula is C28H36N2O4S2. The number of carbonyl (C=O) groups is 3. The van der Waals surface area contributed by atoms with Crippen LogP contribution in [0.15, 0.2) is 59.5 Å². The van der Waals surface area contributed by atoms with Crippen molar-refractivity contribution in [2.45, 2.75) is 63.0 Å². The molecule has 1 fully saturated rings. The predicted octanol–water partition coefficient (Wildman–Crippen LogP) is 5.32. The van der Waals surface area contributed by atoms with Crippen LogP contribution in [0, 0.1) is 5.41 Å². The number of anilines is 1. The lowest BCUT2D eigenvalue weighted by Crippen LogP contribution is -2.53. The van der Waals surface area contributed by atoms with Gasteiger partial charge in [0.25, 0.3) is 0 Å². The van der Waals surface area contributed by atoms with Gasteiger partial charge in [-0.2, -0.15) is 0 Å². The molecule has 2 aromatic carbocycles. The largest absolute Gasteiger partial charge is 0.379 e. The summed E-state index contributed by atoms with van der Waals surface area (Å²) in [6.45, 7) is 4.14. The van der Waals surface area contributed by atoms with E-state index in [1.54, 1.807) is 11.8 Å². The summed E-state index contributed by atoms with van der Waals surface area (Å²) in [6.07, 6.45) is 5.28. The molecule has 1 aliphatic carbocycles. The lowest BCUT2D eigenvalue weighted by atomic mass is 9.73. The highest BCUT2D eigenvalue weighted by atomic mass is 32.2. The average Bonchev–Trinajstić information content (AvgIpc) is 2.89. The van der Waals surface area contributed by atoms with Crippen LogP contribution >= 0.6 is 23.5 Å². The fraction of sp³-hybridized carbons (Fsp3) is 0.464. The first-order valence-electron chi connectivity index (χ1n) is 12.4. The van der Waals surface area contributed by atoms with E-state index in [4.69, 9.17) is 4.74 Å². The van der Waals surface area contributed by atoms with Gasteiger partial charge in [0.2, 0.25) is 11.8 Å².